The van der Waals surface area contributed by atoms with Crippen LogP contribution in [-0.4, -0.2) is 50.6 Å². The van der Waals surface area contributed by atoms with Crippen LogP contribution >= 0.6 is 0 Å². The second-order valence-corrected chi connectivity index (χ2v) is 6.35. The molecule has 25 heavy (non-hydrogen) atoms. The van der Waals surface area contributed by atoms with Crippen molar-refractivity contribution in [1.29, 1.82) is 0 Å². The molecule has 1 aliphatic rings. The number of hydrogen-bond acceptors (Lipinski definition) is 6. The van der Waals surface area contributed by atoms with E-state index in [4.69, 9.17) is 9.26 Å². The van der Waals surface area contributed by atoms with Crippen LogP contribution in [-0.2, 0) is 17.8 Å². The lowest BCUT2D eigenvalue weighted by atomic mass is 10.2. The van der Waals surface area contributed by atoms with Crippen molar-refractivity contribution >= 4 is 0 Å². The molecule has 1 saturated heterocycles. The fraction of sp³-hybridized carbons (Fsp3) is 0.389. The van der Waals surface area contributed by atoms with Crippen molar-refractivity contribution in [3.8, 4) is 11.5 Å². The molecule has 0 radical (unpaired) electrons. The summed E-state index contributed by atoms with van der Waals surface area (Å²) >= 11 is 0. The molecule has 1 atom stereocenters. The summed E-state index contributed by atoms with van der Waals surface area (Å²) < 4.78 is 13.2. The van der Waals surface area contributed by atoms with Crippen molar-refractivity contribution in [3.05, 3.63) is 54.1 Å². The molecule has 7 heteroatoms. The third-order valence-electron chi connectivity index (χ3n) is 4.23. The lowest BCUT2D eigenvalue weighted by molar-refractivity contribution is -0.0410. The van der Waals surface area contributed by atoms with Gasteiger partial charge in [-0.3, -0.25) is 9.58 Å². The molecule has 4 rings (SSSR count). The Morgan fingerprint density at radius 1 is 1.24 bits per heavy atom. The van der Waals surface area contributed by atoms with Gasteiger partial charge in [0.2, 0.25) is 0 Å². The molecule has 3 aromatic rings. The zero-order valence-electron chi connectivity index (χ0n) is 14.2. The molecular weight excluding hydrogens is 318 g/mol. The quantitative estimate of drug-likeness (QED) is 0.709. The van der Waals surface area contributed by atoms with E-state index in [1.54, 1.807) is 0 Å². The molecule has 2 aromatic heterocycles. The number of rotatable bonds is 5. The molecule has 3 heterocycles. The van der Waals surface area contributed by atoms with E-state index in [1.807, 2.05) is 54.3 Å². The van der Waals surface area contributed by atoms with E-state index in [1.165, 1.54) is 0 Å². The van der Waals surface area contributed by atoms with Gasteiger partial charge >= 0.3 is 0 Å². The first-order valence-electron chi connectivity index (χ1n) is 8.47. The third kappa shape index (κ3) is 3.94. The second kappa shape index (κ2) is 7.16. The molecule has 0 amide bonds. The van der Waals surface area contributed by atoms with E-state index in [0.717, 1.165) is 30.8 Å². The van der Waals surface area contributed by atoms with Crippen LogP contribution in [0.4, 0.5) is 0 Å². The van der Waals surface area contributed by atoms with Crippen molar-refractivity contribution in [2.75, 3.05) is 19.7 Å². The zero-order valence-corrected chi connectivity index (χ0v) is 14.2. The SMILES string of the molecule is Cc1cnn(C[C@H]2CN(Cc3noc(-c4ccccc4)n3)CCO2)c1. The summed E-state index contributed by atoms with van der Waals surface area (Å²) in [4.78, 5) is 6.80. The van der Waals surface area contributed by atoms with Gasteiger partial charge in [-0.25, -0.2) is 0 Å². The Hall–Kier alpha value is -2.51. The number of morpholine rings is 1. The third-order valence-corrected chi connectivity index (χ3v) is 4.23. The fourth-order valence-corrected chi connectivity index (χ4v) is 3.03. The largest absolute Gasteiger partial charge is 0.374 e. The van der Waals surface area contributed by atoms with E-state index in [9.17, 15) is 0 Å². The van der Waals surface area contributed by atoms with Crippen molar-refractivity contribution in [2.24, 2.45) is 0 Å². The van der Waals surface area contributed by atoms with Gasteiger partial charge in [0.25, 0.3) is 5.89 Å². The van der Waals surface area contributed by atoms with Gasteiger partial charge in [-0.05, 0) is 24.6 Å². The Morgan fingerprint density at radius 2 is 2.12 bits per heavy atom. The predicted molar refractivity (Wildman–Crippen MR) is 91.7 cm³/mol. The van der Waals surface area contributed by atoms with Crippen molar-refractivity contribution < 1.29 is 9.26 Å². The highest BCUT2D eigenvalue weighted by atomic mass is 16.5. The van der Waals surface area contributed by atoms with Gasteiger partial charge in [0.1, 0.15) is 0 Å². The minimum absolute atomic E-state index is 0.119. The number of hydrogen-bond donors (Lipinski definition) is 0. The summed E-state index contributed by atoms with van der Waals surface area (Å²) in [6.07, 6.45) is 4.02. The van der Waals surface area contributed by atoms with Crippen LogP contribution in [0.1, 0.15) is 11.4 Å². The first-order valence-corrected chi connectivity index (χ1v) is 8.47. The maximum atomic E-state index is 5.87. The average Bonchev–Trinajstić information content (AvgIpc) is 3.25. The molecule has 1 aliphatic heterocycles. The van der Waals surface area contributed by atoms with Gasteiger partial charge < -0.3 is 9.26 Å². The van der Waals surface area contributed by atoms with E-state index in [-0.39, 0.29) is 6.10 Å². The smallest absolute Gasteiger partial charge is 0.257 e. The summed E-state index contributed by atoms with van der Waals surface area (Å²) in [7, 11) is 0. The van der Waals surface area contributed by atoms with Crippen molar-refractivity contribution in [1.82, 2.24) is 24.8 Å². The molecule has 1 aromatic carbocycles. The minimum atomic E-state index is 0.119. The second-order valence-electron chi connectivity index (χ2n) is 6.35. The average molecular weight is 339 g/mol. The van der Waals surface area contributed by atoms with Gasteiger partial charge in [0, 0.05) is 24.8 Å². The molecule has 0 spiro atoms. The molecule has 7 nitrogen and oxygen atoms in total. The Balaban J connectivity index is 1.37. The highest BCUT2D eigenvalue weighted by molar-refractivity contribution is 5.51. The van der Waals surface area contributed by atoms with Crippen LogP contribution in [0, 0.1) is 6.92 Å². The first-order chi connectivity index (χ1) is 12.3. The lowest BCUT2D eigenvalue weighted by Gasteiger charge is -2.32. The molecular formula is C18H21N5O2. The van der Waals surface area contributed by atoms with E-state index < -0.39 is 0 Å². The van der Waals surface area contributed by atoms with Gasteiger partial charge in [-0.15, -0.1) is 0 Å². The zero-order chi connectivity index (χ0) is 17.1. The number of ether oxygens (including phenoxy) is 1. The number of aryl methyl sites for hydroxylation is 1. The summed E-state index contributed by atoms with van der Waals surface area (Å²) in [6.45, 7) is 5.85. The Morgan fingerprint density at radius 3 is 2.92 bits per heavy atom. The molecule has 0 N–H and O–H groups in total. The van der Waals surface area contributed by atoms with Gasteiger partial charge in [-0.2, -0.15) is 10.1 Å². The Labute approximate surface area is 146 Å². The van der Waals surface area contributed by atoms with Crippen molar-refractivity contribution in [3.63, 3.8) is 0 Å². The highest BCUT2D eigenvalue weighted by Crippen LogP contribution is 2.17. The standard InChI is InChI=1S/C18H21N5O2/c1-14-9-19-23(10-14)12-16-11-22(7-8-24-16)13-17-20-18(25-21-17)15-5-3-2-4-6-15/h2-6,9-10,16H,7-8,11-13H2,1H3/t16-/m1/s1. The maximum Gasteiger partial charge on any atom is 0.257 e. The highest BCUT2D eigenvalue weighted by Gasteiger charge is 2.22. The minimum Gasteiger partial charge on any atom is -0.374 e. The van der Waals surface area contributed by atoms with Crippen molar-refractivity contribution in [2.45, 2.75) is 26.1 Å². The van der Waals surface area contributed by atoms with Crippen LogP contribution in [0.5, 0.6) is 0 Å². The van der Waals surface area contributed by atoms with Crippen LogP contribution in [0.2, 0.25) is 0 Å². The summed E-state index contributed by atoms with van der Waals surface area (Å²) in [5.41, 5.74) is 2.10. The first kappa shape index (κ1) is 16.0. The summed E-state index contributed by atoms with van der Waals surface area (Å²) in [5, 5.41) is 8.45. The lowest BCUT2D eigenvalue weighted by Crippen LogP contribution is -2.43. The van der Waals surface area contributed by atoms with Crippen LogP contribution in [0.3, 0.4) is 0 Å². The fourth-order valence-electron chi connectivity index (χ4n) is 3.03. The van der Waals surface area contributed by atoms with E-state index >= 15 is 0 Å². The molecule has 0 unspecified atom stereocenters. The summed E-state index contributed by atoms with van der Waals surface area (Å²) in [5.74, 6) is 1.27. The van der Waals surface area contributed by atoms with Gasteiger partial charge in [0.05, 0.1) is 32.0 Å². The Kier molecular flexibility index (Phi) is 4.58. The number of benzene rings is 1. The van der Waals surface area contributed by atoms with E-state index in [2.05, 4.69) is 20.1 Å². The number of nitrogens with zero attached hydrogens (tertiary/aromatic N) is 5. The number of aromatic nitrogens is 4. The van der Waals surface area contributed by atoms with Crippen LogP contribution in [0.15, 0.2) is 47.2 Å². The Bertz CT molecular complexity index is 814. The van der Waals surface area contributed by atoms with Gasteiger partial charge in [-0.1, -0.05) is 23.4 Å². The molecule has 0 aliphatic carbocycles. The normalized spacial score (nSPS) is 18.5. The maximum absolute atomic E-state index is 5.87. The monoisotopic (exact) mass is 339 g/mol. The van der Waals surface area contributed by atoms with Gasteiger partial charge in [0.15, 0.2) is 5.82 Å². The summed E-state index contributed by atoms with van der Waals surface area (Å²) in [6, 6.07) is 9.82. The van der Waals surface area contributed by atoms with Crippen LogP contribution in [0.25, 0.3) is 11.5 Å². The predicted octanol–water partition coefficient (Wildman–Crippen LogP) is 2.14. The van der Waals surface area contributed by atoms with Crippen LogP contribution < -0.4 is 0 Å². The van der Waals surface area contributed by atoms with E-state index in [0.29, 0.717) is 24.9 Å². The molecule has 0 bridgehead atoms. The molecule has 1 fully saturated rings. The molecule has 0 saturated carbocycles. The topological polar surface area (TPSA) is 69.2 Å². The molecule has 130 valence electrons.